The lowest BCUT2D eigenvalue weighted by molar-refractivity contribution is -0.164. The van der Waals surface area contributed by atoms with Crippen LogP contribution >= 0.6 is 11.5 Å². The third-order valence-electron chi connectivity index (χ3n) is 6.34. The van der Waals surface area contributed by atoms with Gasteiger partial charge in [-0.2, -0.15) is 4.37 Å². The van der Waals surface area contributed by atoms with Crippen LogP contribution in [0.2, 0.25) is 0 Å². The molecule has 2 aromatic carbocycles. The first-order valence-electron chi connectivity index (χ1n) is 14.4. The number of nitrogens with zero attached hydrogens (tertiary/aromatic N) is 3. The zero-order valence-corrected chi connectivity index (χ0v) is 27.2. The molecule has 0 fully saturated rings. The van der Waals surface area contributed by atoms with E-state index >= 15 is 0 Å². The highest BCUT2D eigenvalue weighted by molar-refractivity contribution is 7.06. The lowest BCUT2D eigenvalue weighted by Crippen LogP contribution is -2.52. The van der Waals surface area contributed by atoms with Gasteiger partial charge in [0, 0.05) is 28.7 Å². The van der Waals surface area contributed by atoms with E-state index in [1.165, 1.54) is 11.5 Å². The minimum Gasteiger partial charge on any atom is -0.458 e. The Morgan fingerprint density at radius 3 is 2.32 bits per heavy atom. The number of esters is 1. The molecule has 0 spiro atoms. The van der Waals surface area contributed by atoms with Crippen LogP contribution in [0.3, 0.4) is 0 Å². The van der Waals surface area contributed by atoms with Crippen LogP contribution in [0.15, 0.2) is 54.7 Å². The lowest BCUT2D eigenvalue weighted by Gasteiger charge is -2.32. The van der Waals surface area contributed by atoms with E-state index in [2.05, 4.69) is 25.0 Å². The number of benzene rings is 2. The van der Waals surface area contributed by atoms with E-state index < -0.39 is 35.2 Å². The number of nitrogens with one attached hydrogen (secondary N) is 2. The highest BCUT2D eigenvalue weighted by Crippen LogP contribution is 2.24. The molecule has 2 heterocycles. The lowest BCUT2D eigenvalue weighted by atomic mass is 10.1. The average Bonchev–Trinajstić information content (AvgIpc) is 3.29. The van der Waals surface area contributed by atoms with E-state index in [1.807, 2.05) is 45.0 Å². The smallest absolute Gasteiger partial charge is 0.331 e. The number of carbonyl (C=O) groups is 3. The Hall–Kier alpha value is -4.22. The number of para-hydroxylation sites is 2. The minimum atomic E-state index is -1.06. The summed E-state index contributed by atoms with van der Waals surface area (Å²) in [5.74, 6) is -1.46. The number of aryl methyl sites for hydroxylation is 1. The van der Waals surface area contributed by atoms with Crippen LogP contribution in [0.25, 0.3) is 11.0 Å². The van der Waals surface area contributed by atoms with E-state index in [9.17, 15) is 14.4 Å². The Balaban J connectivity index is 1.51. The molecule has 232 valence electrons. The topological polar surface area (TPSA) is 132 Å². The summed E-state index contributed by atoms with van der Waals surface area (Å²) in [4.78, 5) is 49.8. The van der Waals surface area contributed by atoms with Crippen molar-refractivity contribution in [3.8, 4) is 0 Å². The summed E-state index contributed by atoms with van der Waals surface area (Å²) >= 11 is 1.24. The second kappa shape index (κ2) is 13.2. The number of amides is 2. The van der Waals surface area contributed by atoms with E-state index in [1.54, 1.807) is 65.1 Å². The monoisotopic (exact) mass is 617 g/mol. The van der Waals surface area contributed by atoms with Crippen molar-refractivity contribution < 1.29 is 23.9 Å². The molecule has 0 aliphatic carbocycles. The van der Waals surface area contributed by atoms with Gasteiger partial charge in [-0.1, -0.05) is 18.2 Å². The Kier molecular flexibility index (Phi) is 9.80. The highest BCUT2D eigenvalue weighted by atomic mass is 32.1. The molecule has 10 nitrogen and oxygen atoms in total. The molecule has 2 N–H and O–H groups in total. The van der Waals surface area contributed by atoms with Gasteiger partial charge in [-0.25, -0.2) is 9.78 Å². The van der Waals surface area contributed by atoms with Gasteiger partial charge in [-0.05, 0) is 97.3 Å². The van der Waals surface area contributed by atoms with Gasteiger partial charge >= 0.3 is 5.97 Å². The summed E-state index contributed by atoms with van der Waals surface area (Å²) in [5, 5.41) is 5.66. The molecule has 0 radical (unpaired) electrons. The Labute approximate surface area is 261 Å². The fourth-order valence-electron chi connectivity index (χ4n) is 4.59. The molecule has 0 bridgehead atoms. The van der Waals surface area contributed by atoms with Crippen LogP contribution in [0.4, 0.5) is 5.69 Å². The summed E-state index contributed by atoms with van der Waals surface area (Å²) in [6.45, 7) is 14.4. The number of hydrogen-bond acceptors (Lipinski definition) is 9. The number of carbonyl (C=O) groups excluding carboxylic acids is 3. The van der Waals surface area contributed by atoms with Crippen molar-refractivity contribution in [1.29, 1.82) is 0 Å². The second-order valence-electron chi connectivity index (χ2n) is 12.5. The van der Waals surface area contributed by atoms with Gasteiger partial charge in [0.2, 0.25) is 0 Å². The first-order valence-corrected chi connectivity index (χ1v) is 15.2. The predicted molar refractivity (Wildman–Crippen MR) is 171 cm³/mol. The number of hydrogen-bond donors (Lipinski definition) is 2. The first-order chi connectivity index (χ1) is 20.6. The van der Waals surface area contributed by atoms with E-state index in [-0.39, 0.29) is 11.5 Å². The van der Waals surface area contributed by atoms with Gasteiger partial charge < -0.3 is 20.1 Å². The van der Waals surface area contributed by atoms with Gasteiger partial charge in [-0.15, -0.1) is 0 Å². The molecule has 0 aliphatic heterocycles. The largest absolute Gasteiger partial charge is 0.458 e. The molecule has 4 aromatic rings. The van der Waals surface area contributed by atoms with Crippen LogP contribution in [-0.2, 0) is 20.7 Å². The Bertz CT molecular complexity index is 1670. The van der Waals surface area contributed by atoms with Crippen LogP contribution in [0.5, 0.6) is 0 Å². The molecule has 44 heavy (non-hydrogen) atoms. The van der Waals surface area contributed by atoms with Crippen LogP contribution in [-0.4, -0.2) is 55.5 Å². The summed E-state index contributed by atoms with van der Waals surface area (Å²) in [6.07, 6.45) is 1.44. The maximum atomic E-state index is 13.5. The molecule has 2 atom stereocenters. The molecular formula is C33H39N5O5S. The number of anilines is 1. The molecular weight excluding hydrogens is 578 g/mol. The molecule has 0 saturated carbocycles. The summed E-state index contributed by atoms with van der Waals surface area (Å²) in [6, 6.07) is 13.1. The molecule has 2 aromatic heterocycles. The fourth-order valence-corrected chi connectivity index (χ4v) is 5.47. The van der Waals surface area contributed by atoms with E-state index in [0.29, 0.717) is 23.4 Å². The van der Waals surface area contributed by atoms with E-state index in [4.69, 9.17) is 9.47 Å². The summed E-state index contributed by atoms with van der Waals surface area (Å²) in [5.41, 5.74) is 2.72. The Morgan fingerprint density at radius 1 is 0.932 bits per heavy atom. The third kappa shape index (κ3) is 8.67. The zero-order valence-electron chi connectivity index (χ0n) is 26.3. The number of fused-ring (bicyclic) bond motifs is 1. The van der Waals surface area contributed by atoms with Gasteiger partial charge in [-0.3, -0.25) is 14.6 Å². The number of ether oxygens (including phenoxy) is 2. The standard InChI is InChI=1S/C33H39N5O5S/c1-19-27(26(44-38-19)17-23-18-34-24-14-9-10-15-25(24)35-23)30(40)36-22-13-11-12-21(16-22)29(39)37-28(20(2)42-32(3,4)5)31(41)43-33(6,7)8/h9-16,18,20,28H,17H2,1-8H3,(H,36,40)(H,37,39). The van der Waals surface area contributed by atoms with Crippen molar-refractivity contribution in [1.82, 2.24) is 19.7 Å². The van der Waals surface area contributed by atoms with Gasteiger partial charge in [0.05, 0.1) is 39.7 Å². The van der Waals surface area contributed by atoms with E-state index in [0.717, 1.165) is 21.6 Å². The van der Waals surface area contributed by atoms with Gasteiger partial charge in [0.1, 0.15) is 5.60 Å². The Morgan fingerprint density at radius 2 is 1.64 bits per heavy atom. The van der Waals surface area contributed by atoms with Gasteiger partial charge in [0.15, 0.2) is 6.04 Å². The van der Waals surface area contributed by atoms with Crippen molar-refractivity contribution >= 4 is 46.0 Å². The molecule has 11 heteroatoms. The average molecular weight is 618 g/mol. The fraction of sp³-hybridized carbons (Fsp3) is 0.394. The summed E-state index contributed by atoms with van der Waals surface area (Å²) in [7, 11) is 0. The molecule has 2 amide bonds. The first kappa shape index (κ1) is 32.7. The van der Waals surface area contributed by atoms with Gasteiger partial charge in [0.25, 0.3) is 11.8 Å². The van der Waals surface area contributed by atoms with Crippen molar-refractivity contribution in [3.05, 3.63) is 82.1 Å². The molecule has 0 aliphatic rings. The third-order valence-corrected chi connectivity index (χ3v) is 7.27. The van der Waals surface area contributed by atoms with Crippen LogP contribution in [0.1, 0.15) is 85.4 Å². The number of rotatable bonds is 9. The molecule has 0 saturated heterocycles. The highest BCUT2D eigenvalue weighted by Gasteiger charge is 2.34. The normalized spacial score (nSPS) is 13.3. The zero-order chi connectivity index (χ0) is 32.2. The number of aromatic nitrogens is 3. The maximum Gasteiger partial charge on any atom is 0.331 e. The summed E-state index contributed by atoms with van der Waals surface area (Å²) < 4.78 is 16.0. The quantitative estimate of drug-likeness (QED) is 0.223. The predicted octanol–water partition coefficient (Wildman–Crippen LogP) is 5.88. The molecule has 4 rings (SSSR count). The SMILES string of the molecule is Cc1nsc(Cc2cnc3ccccc3n2)c1C(=O)Nc1cccc(C(=O)NC(C(=O)OC(C)(C)C)C(C)OC(C)(C)C)c1. The molecule has 2 unspecified atom stereocenters. The van der Waals surface area contributed by atoms with Crippen LogP contribution < -0.4 is 10.6 Å². The van der Waals surface area contributed by atoms with Crippen molar-refractivity contribution in [2.45, 2.75) is 85.2 Å². The van der Waals surface area contributed by atoms with Crippen molar-refractivity contribution in [2.24, 2.45) is 0 Å². The second-order valence-corrected chi connectivity index (χ2v) is 13.4. The van der Waals surface area contributed by atoms with Crippen molar-refractivity contribution in [2.75, 3.05) is 5.32 Å². The van der Waals surface area contributed by atoms with Crippen LogP contribution in [0, 0.1) is 6.92 Å². The maximum absolute atomic E-state index is 13.5. The van der Waals surface area contributed by atoms with Crippen molar-refractivity contribution in [3.63, 3.8) is 0 Å². The minimum absolute atomic E-state index is 0.256.